The number of aliphatic carboxylic acids is 1. The highest BCUT2D eigenvalue weighted by molar-refractivity contribution is 5.86. The molecular formula is C9H11NO3. The Bertz CT molecular complexity index is 281. The van der Waals surface area contributed by atoms with Gasteiger partial charge in [-0.2, -0.15) is 0 Å². The van der Waals surface area contributed by atoms with Gasteiger partial charge in [0.25, 0.3) is 0 Å². The second-order valence-corrected chi connectivity index (χ2v) is 3.10. The first kappa shape index (κ1) is 9.59. The van der Waals surface area contributed by atoms with Crippen LogP contribution >= 0.6 is 0 Å². The fourth-order valence-electron chi connectivity index (χ4n) is 1.23. The summed E-state index contributed by atoms with van der Waals surface area (Å²) >= 11 is 0. The number of carboxylic acid groups (broad SMARTS) is 1. The zero-order valence-electron chi connectivity index (χ0n) is 7.41. The summed E-state index contributed by atoms with van der Waals surface area (Å²) in [6, 6.07) is 0. The number of carbonyl (C=O) groups excluding carboxylic acids is 1. The Morgan fingerprint density at radius 3 is 2.62 bits per heavy atom. The Morgan fingerprint density at radius 2 is 2.15 bits per heavy atom. The van der Waals surface area contributed by atoms with Gasteiger partial charge in [0, 0.05) is 38.3 Å². The van der Waals surface area contributed by atoms with Gasteiger partial charge in [-0.25, -0.2) is 4.79 Å². The van der Waals surface area contributed by atoms with E-state index in [4.69, 9.17) is 5.11 Å². The summed E-state index contributed by atoms with van der Waals surface area (Å²) in [5.74, 6) is 3.94. The Morgan fingerprint density at radius 1 is 1.54 bits per heavy atom. The first-order chi connectivity index (χ1) is 6.09. The van der Waals surface area contributed by atoms with Crippen LogP contribution in [0.15, 0.2) is 0 Å². The van der Waals surface area contributed by atoms with Crippen molar-refractivity contribution in [3.63, 3.8) is 0 Å². The van der Waals surface area contributed by atoms with Crippen molar-refractivity contribution in [2.24, 2.45) is 5.92 Å². The van der Waals surface area contributed by atoms with Crippen molar-refractivity contribution in [1.82, 2.24) is 4.90 Å². The lowest BCUT2D eigenvalue weighted by molar-refractivity contribution is -0.135. The molecule has 13 heavy (non-hydrogen) atoms. The highest BCUT2D eigenvalue weighted by Crippen LogP contribution is 2.17. The summed E-state index contributed by atoms with van der Waals surface area (Å²) in [6.07, 6.45) is 0.566. The Hall–Kier alpha value is -1.50. The van der Waals surface area contributed by atoms with Crippen molar-refractivity contribution >= 4 is 11.9 Å². The summed E-state index contributed by atoms with van der Waals surface area (Å²) < 4.78 is 0. The maximum atomic E-state index is 10.7. The molecule has 4 heteroatoms. The number of rotatable bonds is 1. The first-order valence-corrected chi connectivity index (χ1v) is 4.07. The van der Waals surface area contributed by atoms with Gasteiger partial charge >= 0.3 is 5.97 Å². The van der Waals surface area contributed by atoms with Gasteiger partial charge in [0.2, 0.25) is 5.91 Å². The summed E-state index contributed by atoms with van der Waals surface area (Å²) in [7, 11) is 0. The van der Waals surface area contributed by atoms with Crippen LogP contribution in [0.5, 0.6) is 0 Å². The quantitative estimate of drug-likeness (QED) is 0.577. The number of hydrogen-bond acceptors (Lipinski definition) is 2. The predicted octanol–water partition coefficient (Wildman–Crippen LogP) is -0.0572. The van der Waals surface area contributed by atoms with E-state index in [1.807, 2.05) is 0 Å². The predicted molar refractivity (Wildman–Crippen MR) is 45.8 cm³/mol. The molecule has 1 N–H and O–H groups in total. The van der Waals surface area contributed by atoms with Crippen LogP contribution < -0.4 is 0 Å². The first-order valence-electron chi connectivity index (χ1n) is 4.07. The maximum Gasteiger partial charge on any atom is 0.381 e. The van der Waals surface area contributed by atoms with Crippen molar-refractivity contribution in [3.8, 4) is 11.8 Å². The van der Waals surface area contributed by atoms with E-state index < -0.39 is 5.97 Å². The Labute approximate surface area is 76.5 Å². The average Bonchev–Trinajstić information content (AvgIpc) is 1.92. The number of nitrogens with zero attached hydrogens (tertiary/aromatic N) is 1. The Kier molecular flexibility index (Phi) is 2.91. The zero-order chi connectivity index (χ0) is 9.84. The van der Waals surface area contributed by atoms with Gasteiger partial charge in [-0.3, -0.25) is 4.79 Å². The second-order valence-electron chi connectivity index (χ2n) is 3.10. The van der Waals surface area contributed by atoms with Crippen LogP contribution in [-0.2, 0) is 9.59 Å². The van der Waals surface area contributed by atoms with Crippen LogP contribution in [0.1, 0.15) is 13.3 Å². The van der Waals surface area contributed by atoms with E-state index >= 15 is 0 Å². The average molecular weight is 181 g/mol. The molecule has 0 spiro atoms. The molecule has 1 amide bonds. The fraction of sp³-hybridized carbons (Fsp3) is 0.556. The molecule has 1 saturated heterocycles. The number of carbonyl (C=O) groups is 2. The lowest BCUT2D eigenvalue weighted by Gasteiger charge is -2.37. The van der Waals surface area contributed by atoms with E-state index in [9.17, 15) is 9.59 Å². The van der Waals surface area contributed by atoms with Gasteiger partial charge in [-0.05, 0) is 0 Å². The van der Waals surface area contributed by atoms with Crippen molar-refractivity contribution < 1.29 is 14.7 Å². The summed E-state index contributed by atoms with van der Waals surface area (Å²) in [5, 5.41) is 8.22. The van der Waals surface area contributed by atoms with Gasteiger partial charge in [0.15, 0.2) is 0 Å². The van der Waals surface area contributed by atoms with E-state index in [1.165, 1.54) is 6.92 Å². The fourth-order valence-corrected chi connectivity index (χ4v) is 1.23. The van der Waals surface area contributed by atoms with E-state index in [0.29, 0.717) is 25.4 Å². The second kappa shape index (κ2) is 3.94. The molecule has 0 unspecified atom stereocenters. The number of amides is 1. The molecule has 0 aromatic heterocycles. The van der Waals surface area contributed by atoms with Gasteiger partial charge in [0.05, 0.1) is 0 Å². The highest BCUT2D eigenvalue weighted by Gasteiger charge is 2.27. The van der Waals surface area contributed by atoms with E-state index in [-0.39, 0.29) is 5.91 Å². The molecule has 0 aromatic rings. The molecule has 1 fully saturated rings. The molecule has 0 aromatic carbocycles. The van der Waals surface area contributed by atoms with Crippen molar-refractivity contribution in [2.45, 2.75) is 13.3 Å². The normalized spacial score (nSPS) is 15.6. The maximum absolute atomic E-state index is 10.7. The lowest BCUT2D eigenvalue weighted by Crippen LogP contribution is -2.48. The topological polar surface area (TPSA) is 57.6 Å². The largest absolute Gasteiger partial charge is 0.472 e. The minimum atomic E-state index is -1.09. The minimum absolute atomic E-state index is 0.0717. The summed E-state index contributed by atoms with van der Waals surface area (Å²) in [5.41, 5.74) is 0. The number of hydrogen-bond donors (Lipinski definition) is 1. The molecule has 1 heterocycles. The van der Waals surface area contributed by atoms with Crippen molar-refractivity contribution in [1.29, 1.82) is 0 Å². The highest BCUT2D eigenvalue weighted by atomic mass is 16.4. The van der Waals surface area contributed by atoms with Crippen LogP contribution in [0.4, 0.5) is 0 Å². The molecule has 1 rings (SSSR count). The van der Waals surface area contributed by atoms with Gasteiger partial charge in [0.1, 0.15) is 0 Å². The molecule has 4 nitrogen and oxygen atoms in total. The van der Waals surface area contributed by atoms with Gasteiger partial charge < -0.3 is 10.0 Å². The van der Waals surface area contributed by atoms with E-state index in [1.54, 1.807) is 4.90 Å². The molecule has 1 aliphatic heterocycles. The summed E-state index contributed by atoms with van der Waals surface area (Å²) in [6.45, 7) is 2.95. The van der Waals surface area contributed by atoms with Gasteiger partial charge in [-0.15, -0.1) is 0 Å². The van der Waals surface area contributed by atoms with E-state index in [2.05, 4.69) is 11.8 Å². The SMILES string of the molecule is CC(=O)N1CC(CC#CC(=O)O)C1. The molecule has 0 atom stereocenters. The third-order valence-electron chi connectivity index (χ3n) is 1.99. The van der Waals surface area contributed by atoms with Crippen LogP contribution in [0.25, 0.3) is 0 Å². The Balaban J connectivity index is 2.20. The molecule has 70 valence electrons. The van der Waals surface area contributed by atoms with Crippen molar-refractivity contribution in [3.05, 3.63) is 0 Å². The smallest absolute Gasteiger partial charge is 0.381 e. The molecular weight excluding hydrogens is 170 g/mol. The van der Waals surface area contributed by atoms with Gasteiger partial charge in [-0.1, -0.05) is 5.92 Å². The third kappa shape index (κ3) is 2.79. The number of carboxylic acids is 1. The third-order valence-corrected chi connectivity index (χ3v) is 1.99. The summed E-state index contributed by atoms with van der Waals surface area (Å²) in [4.78, 5) is 22.5. The monoisotopic (exact) mass is 181 g/mol. The number of likely N-dealkylation sites (tertiary alicyclic amines) is 1. The molecule has 0 radical (unpaired) electrons. The van der Waals surface area contributed by atoms with Crippen LogP contribution in [-0.4, -0.2) is 35.0 Å². The molecule has 0 aliphatic carbocycles. The van der Waals surface area contributed by atoms with Crippen LogP contribution in [0.3, 0.4) is 0 Å². The van der Waals surface area contributed by atoms with Crippen molar-refractivity contribution in [2.75, 3.05) is 13.1 Å². The molecule has 1 aliphatic rings. The van der Waals surface area contributed by atoms with E-state index in [0.717, 1.165) is 0 Å². The van der Waals surface area contributed by atoms with Crippen LogP contribution in [0.2, 0.25) is 0 Å². The molecule has 0 bridgehead atoms. The van der Waals surface area contributed by atoms with Crippen LogP contribution in [0, 0.1) is 17.8 Å². The zero-order valence-corrected chi connectivity index (χ0v) is 7.41. The standard InChI is InChI=1S/C9H11NO3/c1-7(11)10-5-8(6-10)3-2-4-9(12)13/h8H,3,5-6H2,1H3,(H,12,13). The molecule has 0 saturated carbocycles. The lowest BCUT2D eigenvalue weighted by atomic mass is 9.97. The minimum Gasteiger partial charge on any atom is -0.472 e.